The van der Waals surface area contributed by atoms with Gasteiger partial charge in [-0.3, -0.25) is 0 Å². The summed E-state index contributed by atoms with van der Waals surface area (Å²) >= 11 is 0. The highest BCUT2D eigenvalue weighted by atomic mass is 16.5. The average Bonchev–Trinajstić information content (AvgIpc) is 2.32. The molecule has 1 rings (SSSR count). The van der Waals surface area contributed by atoms with E-state index in [1.165, 1.54) is 11.1 Å². The molecule has 0 heterocycles. The predicted molar refractivity (Wildman–Crippen MR) is 70.5 cm³/mol. The third kappa shape index (κ3) is 5.20. The van der Waals surface area contributed by atoms with E-state index in [1.807, 2.05) is 13.0 Å². The summed E-state index contributed by atoms with van der Waals surface area (Å²) in [5, 5.41) is 0. The van der Waals surface area contributed by atoms with Crippen molar-refractivity contribution in [1.82, 2.24) is 0 Å². The molecule has 0 saturated heterocycles. The molecule has 0 saturated carbocycles. The molecular formula is C14H23NO2. The van der Waals surface area contributed by atoms with E-state index in [1.54, 1.807) is 0 Å². The molecule has 0 aliphatic rings. The largest absolute Gasteiger partial charge is 0.493 e. The van der Waals surface area contributed by atoms with Crippen LogP contribution in [-0.4, -0.2) is 26.4 Å². The molecule has 0 aliphatic carbocycles. The fraction of sp³-hybridized carbons (Fsp3) is 0.571. The van der Waals surface area contributed by atoms with Crippen LogP contribution in [0.3, 0.4) is 0 Å². The Morgan fingerprint density at radius 2 is 2.06 bits per heavy atom. The van der Waals surface area contributed by atoms with Gasteiger partial charge in [0.1, 0.15) is 5.75 Å². The minimum absolute atomic E-state index is 0.652. The third-order valence-corrected chi connectivity index (χ3v) is 2.52. The van der Waals surface area contributed by atoms with Crippen molar-refractivity contribution >= 4 is 0 Å². The summed E-state index contributed by atoms with van der Waals surface area (Å²) in [6.45, 7) is 6.95. The fourth-order valence-electron chi connectivity index (χ4n) is 1.69. The van der Waals surface area contributed by atoms with Gasteiger partial charge in [0.2, 0.25) is 0 Å². The molecule has 0 radical (unpaired) electrons. The molecule has 0 bridgehead atoms. The van der Waals surface area contributed by atoms with Crippen molar-refractivity contribution < 1.29 is 9.47 Å². The summed E-state index contributed by atoms with van der Waals surface area (Å²) in [5.41, 5.74) is 8.04. The maximum Gasteiger partial charge on any atom is 0.122 e. The number of hydrogen-bond donors (Lipinski definition) is 1. The Morgan fingerprint density at radius 1 is 1.24 bits per heavy atom. The van der Waals surface area contributed by atoms with E-state index in [4.69, 9.17) is 15.2 Å². The summed E-state index contributed by atoms with van der Waals surface area (Å²) < 4.78 is 11.0. The van der Waals surface area contributed by atoms with Crippen molar-refractivity contribution in [2.24, 2.45) is 5.73 Å². The maximum absolute atomic E-state index is 5.76. The van der Waals surface area contributed by atoms with Gasteiger partial charge in [0.15, 0.2) is 0 Å². The van der Waals surface area contributed by atoms with Gasteiger partial charge in [0, 0.05) is 19.6 Å². The SMILES string of the molecule is CCOCCCOc1ccc(C)cc1CCN. The zero-order chi connectivity index (χ0) is 12.5. The molecule has 2 N–H and O–H groups in total. The second-order valence-corrected chi connectivity index (χ2v) is 4.05. The average molecular weight is 237 g/mol. The Bertz CT molecular complexity index is 326. The highest BCUT2D eigenvalue weighted by Gasteiger charge is 2.03. The lowest BCUT2D eigenvalue weighted by Gasteiger charge is -2.11. The second kappa shape index (κ2) is 8.09. The predicted octanol–water partition coefficient (Wildman–Crippen LogP) is 2.30. The van der Waals surface area contributed by atoms with E-state index in [0.717, 1.165) is 31.8 Å². The van der Waals surface area contributed by atoms with Crippen LogP contribution >= 0.6 is 0 Å². The monoisotopic (exact) mass is 237 g/mol. The topological polar surface area (TPSA) is 44.5 Å². The van der Waals surface area contributed by atoms with Gasteiger partial charge in [-0.1, -0.05) is 17.7 Å². The quantitative estimate of drug-likeness (QED) is 0.706. The van der Waals surface area contributed by atoms with Crippen LogP contribution in [0.25, 0.3) is 0 Å². The molecule has 96 valence electrons. The number of rotatable bonds is 8. The lowest BCUT2D eigenvalue weighted by molar-refractivity contribution is 0.130. The number of nitrogens with two attached hydrogens (primary N) is 1. The van der Waals surface area contributed by atoms with Crippen LogP contribution in [-0.2, 0) is 11.2 Å². The summed E-state index contributed by atoms with van der Waals surface area (Å²) in [5.74, 6) is 0.956. The summed E-state index contributed by atoms with van der Waals surface area (Å²) in [4.78, 5) is 0. The van der Waals surface area contributed by atoms with Gasteiger partial charge in [0.25, 0.3) is 0 Å². The van der Waals surface area contributed by atoms with E-state index >= 15 is 0 Å². The first-order chi connectivity index (χ1) is 8.27. The molecule has 1 aromatic carbocycles. The summed E-state index contributed by atoms with van der Waals surface area (Å²) in [6, 6.07) is 6.24. The number of ether oxygens (including phenoxy) is 2. The Kier molecular flexibility index (Phi) is 6.67. The molecule has 0 atom stereocenters. The minimum Gasteiger partial charge on any atom is -0.493 e. The van der Waals surface area contributed by atoms with Crippen LogP contribution in [0.2, 0.25) is 0 Å². The smallest absolute Gasteiger partial charge is 0.122 e. The summed E-state index contributed by atoms with van der Waals surface area (Å²) in [7, 11) is 0. The fourth-order valence-corrected chi connectivity index (χ4v) is 1.69. The zero-order valence-corrected chi connectivity index (χ0v) is 10.9. The van der Waals surface area contributed by atoms with Gasteiger partial charge in [-0.05, 0) is 38.4 Å². The molecule has 0 aromatic heterocycles. The van der Waals surface area contributed by atoms with Gasteiger partial charge >= 0.3 is 0 Å². The number of hydrogen-bond acceptors (Lipinski definition) is 3. The van der Waals surface area contributed by atoms with Gasteiger partial charge in [-0.2, -0.15) is 0 Å². The van der Waals surface area contributed by atoms with E-state index < -0.39 is 0 Å². The highest BCUT2D eigenvalue weighted by molar-refractivity contribution is 5.37. The highest BCUT2D eigenvalue weighted by Crippen LogP contribution is 2.20. The lowest BCUT2D eigenvalue weighted by atomic mass is 10.1. The summed E-state index contributed by atoms with van der Waals surface area (Å²) in [6.07, 6.45) is 1.78. The molecule has 1 aromatic rings. The van der Waals surface area contributed by atoms with E-state index in [9.17, 15) is 0 Å². The Labute approximate surface area is 104 Å². The first-order valence-corrected chi connectivity index (χ1v) is 6.28. The van der Waals surface area contributed by atoms with Crippen LogP contribution in [0.4, 0.5) is 0 Å². The van der Waals surface area contributed by atoms with Gasteiger partial charge in [0.05, 0.1) is 6.61 Å². The van der Waals surface area contributed by atoms with Crippen molar-refractivity contribution in [3.05, 3.63) is 29.3 Å². The van der Waals surface area contributed by atoms with Crippen LogP contribution in [0.15, 0.2) is 18.2 Å². The molecule has 0 unspecified atom stereocenters. The zero-order valence-electron chi connectivity index (χ0n) is 10.9. The third-order valence-electron chi connectivity index (χ3n) is 2.52. The van der Waals surface area contributed by atoms with Crippen molar-refractivity contribution in [2.75, 3.05) is 26.4 Å². The van der Waals surface area contributed by atoms with Crippen molar-refractivity contribution in [1.29, 1.82) is 0 Å². The normalized spacial score (nSPS) is 10.5. The minimum atomic E-state index is 0.652. The van der Waals surface area contributed by atoms with Crippen molar-refractivity contribution in [3.63, 3.8) is 0 Å². The molecular weight excluding hydrogens is 214 g/mol. The molecule has 0 aliphatic heterocycles. The Hall–Kier alpha value is -1.06. The number of aryl methyl sites for hydroxylation is 1. The van der Waals surface area contributed by atoms with Crippen molar-refractivity contribution in [2.45, 2.75) is 26.7 Å². The molecule has 0 fully saturated rings. The van der Waals surface area contributed by atoms with Crippen LogP contribution < -0.4 is 10.5 Å². The van der Waals surface area contributed by atoms with Crippen molar-refractivity contribution in [3.8, 4) is 5.75 Å². The first-order valence-electron chi connectivity index (χ1n) is 6.28. The van der Waals surface area contributed by atoms with Crippen LogP contribution in [0, 0.1) is 6.92 Å². The molecule has 0 spiro atoms. The van der Waals surface area contributed by atoms with Crippen LogP contribution in [0.1, 0.15) is 24.5 Å². The maximum atomic E-state index is 5.76. The standard InChI is InChI=1S/C14H23NO2/c1-3-16-9-4-10-17-14-6-5-12(2)11-13(14)7-8-15/h5-6,11H,3-4,7-10,15H2,1-2H3. The van der Waals surface area contributed by atoms with E-state index in [-0.39, 0.29) is 0 Å². The molecule has 3 nitrogen and oxygen atoms in total. The second-order valence-electron chi connectivity index (χ2n) is 4.05. The van der Waals surface area contributed by atoms with Gasteiger partial charge in [-0.15, -0.1) is 0 Å². The Balaban J connectivity index is 2.45. The van der Waals surface area contributed by atoms with E-state index in [0.29, 0.717) is 13.2 Å². The molecule has 0 amide bonds. The van der Waals surface area contributed by atoms with Gasteiger partial charge in [-0.25, -0.2) is 0 Å². The molecule has 3 heteroatoms. The first kappa shape index (κ1) is 14.0. The Morgan fingerprint density at radius 3 is 2.76 bits per heavy atom. The van der Waals surface area contributed by atoms with Crippen LogP contribution in [0.5, 0.6) is 5.75 Å². The van der Waals surface area contributed by atoms with E-state index in [2.05, 4.69) is 19.1 Å². The number of benzene rings is 1. The lowest BCUT2D eigenvalue weighted by Crippen LogP contribution is -2.07. The molecule has 17 heavy (non-hydrogen) atoms. The van der Waals surface area contributed by atoms with Gasteiger partial charge < -0.3 is 15.2 Å².